The molecule has 116 valence electrons. The maximum atomic E-state index is 13.8. The van der Waals surface area contributed by atoms with Crippen LogP contribution >= 0.6 is 23.8 Å². The van der Waals surface area contributed by atoms with Crippen LogP contribution in [0, 0.1) is 5.82 Å². The highest BCUT2D eigenvalue weighted by molar-refractivity contribution is 7.80. The van der Waals surface area contributed by atoms with Gasteiger partial charge in [0.2, 0.25) is 0 Å². The fourth-order valence-electron chi connectivity index (χ4n) is 2.53. The molecule has 0 radical (unpaired) electrons. The summed E-state index contributed by atoms with van der Waals surface area (Å²) in [6, 6.07) is 4.69. The van der Waals surface area contributed by atoms with Crippen molar-refractivity contribution in [1.29, 1.82) is 0 Å². The van der Waals surface area contributed by atoms with E-state index in [4.69, 9.17) is 29.6 Å². The van der Waals surface area contributed by atoms with Gasteiger partial charge in [0.15, 0.2) is 0 Å². The first-order valence-corrected chi connectivity index (χ1v) is 7.80. The zero-order valence-corrected chi connectivity index (χ0v) is 14.0. The molecule has 1 aliphatic heterocycles. The summed E-state index contributed by atoms with van der Waals surface area (Å²) in [6.45, 7) is 8.12. The minimum atomic E-state index is -0.275. The van der Waals surface area contributed by atoms with Crippen LogP contribution in [0.4, 0.5) is 4.39 Å². The Morgan fingerprint density at radius 1 is 1.33 bits per heavy atom. The normalized spacial score (nSPS) is 17.9. The minimum Gasteiger partial charge on any atom is -0.392 e. The van der Waals surface area contributed by atoms with Crippen molar-refractivity contribution >= 4 is 28.8 Å². The van der Waals surface area contributed by atoms with Gasteiger partial charge in [0.25, 0.3) is 0 Å². The smallest absolute Gasteiger partial charge is 0.127 e. The van der Waals surface area contributed by atoms with Crippen molar-refractivity contribution < 1.29 is 4.39 Å². The van der Waals surface area contributed by atoms with Gasteiger partial charge in [-0.3, -0.25) is 9.80 Å². The van der Waals surface area contributed by atoms with Gasteiger partial charge in [0, 0.05) is 43.3 Å². The highest BCUT2D eigenvalue weighted by Crippen LogP contribution is 2.20. The Kier molecular flexibility index (Phi) is 5.20. The highest BCUT2D eigenvalue weighted by Gasteiger charge is 2.32. The largest absolute Gasteiger partial charge is 0.392 e. The summed E-state index contributed by atoms with van der Waals surface area (Å²) in [5, 5.41) is 0.569. The molecule has 2 N–H and O–H groups in total. The van der Waals surface area contributed by atoms with Crippen molar-refractivity contribution in [3.63, 3.8) is 0 Å². The Morgan fingerprint density at radius 3 is 2.52 bits per heavy atom. The van der Waals surface area contributed by atoms with Crippen LogP contribution in [0.5, 0.6) is 0 Å². The van der Waals surface area contributed by atoms with Crippen molar-refractivity contribution in [2.75, 3.05) is 26.2 Å². The van der Waals surface area contributed by atoms with Crippen LogP contribution in [0.3, 0.4) is 0 Å². The lowest BCUT2D eigenvalue weighted by Gasteiger charge is -2.43. The molecule has 0 atom stereocenters. The van der Waals surface area contributed by atoms with E-state index in [1.807, 2.05) is 13.8 Å². The summed E-state index contributed by atoms with van der Waals surface area (Å²) in [4.78, 5) is 5.01. The number of benzene rings is 1. The average Bonchev–Trinajstić information content (AvgIpc) is 2.43. The number of hydrogen-bond acceptors (Lipinski definition) is 3. The maximum absolute atomic E-state index is 13.8. The van der Waals surface area contributed by atoms with Crippen molar-refractivity contribution in [2.24, 2.45) is 5.73 Å². The molecule has 0 unspecified atom stereocenters. The lowest BCUT2D eigenvalue weighted by molar-refractivity contribution is 0.0815. The monoisotopic (exact) mass is 329 g/mol. The second-order valence-corrected chi connectivity index (χ2v) is 6.80. The van der Waals surface area contributed by atoms with E-state index in [0.717, 1.165) is 26.2 Å². The number of thiocarbonyl (C=S) groups is 1. The van der Waals surface area contributed by atoms with Gasteiger partial charge in [0.1, 0.15) is 5.82 Å². The van der Waals surface area contributed by atoms with Crippen molar-refractivity contribution in [2.45, 2.75) is 25.9 Å². The molecule has 2 rings (SSSR count). The van der Waals surface area contributed by atoms with E-state index in [-0.39, 0.29) is 11.4 Å². The Balaban J connectivity index is 1.96. The molecule has 1 aromatic carbocycles. The van der Waals surface area contributed by atoms with Gasteiger partial charge in [0.05, 0.1) is 10.5 Å². The molecule has 1 heterocycles. The van der Waals surface area contributed by atoms with E-state index in [0.29, 0.717) is 22.1 Å². The number of hydrogen-bond donors (Lipinski definition) is 1. The number of piperazine rings is 1. The molecule has 0 aromatic heterocycles. The van der Waals surface area contributed by atoms with Gasteiger partial charge < -0.3 is 5.73 Å². The summed E-state index contributed by atoms with van der Waals surface area (Å²) >= 11 is 11.1. The van der Waals surface area contributed by atoms with E-state index in [1.54, 1.807) is 12.1 Å². The molecule has 0 aliphatic carbocycles. The molecule has 1 fully saturated rings. The van der Waals surface area contributed by atoms with Crippen molar-refractivity contribution in [1.82, 2.24) is 9.80 Å². The van der Waals surface area contributed by atoms with E-state index >= 15 is 0 Å². The van der Waals surface area contributed by atoms with Crippen LogP contribution in [0.25, 0.3) is 0 Å². The molecule has 0 amide bonds. The van der Waals surface area contributed by atoms with Gasteiger partial charge in [-0.2, -0.15) is 0 Å². The summed E-state index contributed by atoms with van der Waals surface area (Å²) in [6.07, 6.45) is 0. The minimum absolute atomic E-state index is 0.203. The number of nitrogens with zero attached hydrogens (tertiary/aromatic N) is 2. The fraction of sp³-hybridized carbons (Fsp3) is 0.533. The van der Waals surface area contributed by atoms with E-state index in [1.165, 1.54) is 6.07 Å². The third-order valence-electron chi connectivity index (χ3n) is 4.17. The van der Waals surface area contributed by atoms with Gasteiger partial charge in [-0.1, -0.05) is 23.8 Å². The SMILES string of the molecule is CC(C)(C(N)=S)N1CCN(Cc2cc(Cl)ccc2F)CC1. The van der Waals surface area contributed by atoms with Crippen LogP contribution in [0.1, 0.15) is 19.4 Å². The quantitative estimate of drug-likeness (QED) is 0.861. The van der Waals surface area contributed by atoms with E-state index in [9.17, 15) is 4.39 Å². The molecule has 1 aromatic rings. The first-order chi connectivity index (χ1) is 9.80. The van der Waals surface area contributed by atoms with E-state index < -0.39 is 0 Å². The van der Waals surface area contributed by atoms with E-state index in [2.05, 4.69) is 9.80 Å². The van der Waals surface area contributed by atoms with Crippen molar-refractivity contribution in [3.8, 4) is 0 Å². The summed E-state index contributed by atoms with van der Waals surface area (Å²) in [5.41, 5.74) is 6.18. The van der Waals surface area contributed by atoms with Crippen LogP contribution in [0.15, 0.2) is 18.2 Å². The second kappa shape index (κ2) is 6.57. The Hall–Kier alpha value is -0.750. The average molecular weight is 330 g/mol. The molecule has 1 aliphatic rings. The Bertz CT molecular complexity index is 528. The highest BCUT2D eigenvalue weighted by atomic mass is 35.5. The number of nitrogens with two attached hydrogens (primary N) is 1. The molecule has 0 bridgehead atoms. The van der Waals surface area contributed by atoms with Crippen molar-refractivity contribution in [3.05, 3.63) is 34.6 Å². The Morgan fingerprint density at radius 2 is 1.95 bits per heavy atom. The number of halogens is 2. The first kappa shape index (κ1) is 16.6. The second-order valence-electron chi connectivity index (χ2n) is 5.92. The molecular weight excluding hydrogens is 309 g/mol. The van der Waals surface area contributed by atoms with Crippen LogP contribution in [-0.2, 0) is 6.54 Å². The van der Waals surface area contributed by atoms with Gasteiger partial charge in [-0.15, -0.1) is 0 Å². The van der Waals surface area contributed by atoms with Crippen LogP contribution in [0.2, 0.25) is 5.02 Å². The Labute approximate surface area is 135 Å². The first-order valence-electron chi connectivity index (χ1n) is 7.02. The molecule has 1 saturated heterocycles. The summed E-state index contributed by atoms with van der Waals surface area (Å²) in [7, 11) is 0. The lowest BCUT2D eigenvalue weighted by Crippen LogP contribution is -2.59. The third-order valence-corrected chi connectivity index (χ3v) is 4.90. The topological polar surface area (TPSA) is 32.5 Å². The zero-order chi connectivity index (χ0) is 15.6. The molecular formula is C15H21ClFN3S. The predicted octanol–water partition coefficient (Wildman–Crippen LogP) is 2.66. The maximum Gasteiger partial charge on any atom is 0.127 e. The summed E-state index contributed by atoms with van der Waals surface area (Å²) < 4.78 is 13.8. The molecule has 0 saturated carbocycles. The number of rotatable bonds is 4. The molecule has 21 heavy (non-hydrogen) atoms. The van der Waals surface area contributed by atoms with Gasteiger partial charge >= 0.3 is 0 Å². The lowest BCUT2D eigenvalue weighted by atomic mass is 10.0. The fourth-order valence-corrected chi connectivity index (χ4v) is 2.85. The standard InChI is InChI=1S/C15H21ClFN3S/c1-15(2,14(18)21)20-7-5-19(6-8-20)10-11-9-12(16)3-4-13(11)17/h3-4,9H,5-8,10H2,1-2H3,(H2,18,21). The molecule has 0 spiro atoms. The molecule has 6 heteroatoms. The van der Waals surface area contributed by atoms with Gasteiger partial charge in [-0.05, 0) is 32.0 Å². The summed E-state index contributed by atoms with van der Waals surface area (Å²) in [5.74, 6) is -0.203. The van der Waals surface area contributed by atoms with Crippen LogP contribution in [-0.4, -0.2) is 46.5 Å². The third kappa shape index (κ3) is 3.92. The van der Waals surface area contributed by atoms with Crippen LogP contribution < -0.4 is 5.73 Å². The van der Waals surface area contributed by atoms with Gasteiger partial charge in [-0.25, -0.2) is 4.39 Å². The zero-order valence-electron chi connectivity index (χ0n) is 12.4. The molecule has 3 nitrogen and oxygen atoms in total. The predicted molar refractivity (Wildman–Crippen MR) is 89.1 cm³/mol.